The second kappa shape index (κ2) is 12.5. The molecule has 2 amide bonds. The quantitative estimate of drug-likeness (QED) is 0.299. The molecule has 2 aliphatic heterocycles. The maximum Gasteiger partial charge on any atom is 0.413 e. The van der Waals surface area contributed by atoms with Gasteiger partial charge in [0.1, 0.15) is 23.1 Å². The largest absolute Gasteiger partial charge is 0.444 e. The summed E-state index contributed by atoms with van der Waals surface area (Å²) in [4.78, 5) is 29.7. The van der Waals surface area contributed by atoms with Gasteiger partial charge in [0.2, 0.25) is 0 Å². The molecule has 0 N–H and O–H groups in total. The number of nitrogens with zero attached hydrogens (tertiary/aromatic N) is 5. The van der Waals surface area contributed by atoms with E-state index in [-0.39, 0.29) is 5.91 Å². The molecule has 0 bridgehead atoms. The van der Waals surface area contributed by atoms with E-state index < -0.39 is 23.5 Å². The van der Waals surface area contributed by atoms with Gasteiger partial charge in [-0.3, -0.25) is 9.69 Å². The second-order valence-electron chi connectivity index (χ2n) is 12.8. The SMILES string of the molecule is CC(C)(C)OC(=O)N1C(c2cn(Cc3ccc(C(=O)N4CCC(Cc5cc(Cl)ccc5Cl)CC4)cc3)nn2)COC1(C)C. The fourth-order valence-corrected chi connectivity index (χ4v) is 6.08. The molecule has 2 saturated heterocycles. The third-order valence-corrected chi connectivity index (χ3v) is 8.54. The average molecular weight is 629 g/mol. The minimum atomic E-state index is -0.835. The predicted molar refractivity (Wildman–Crippen MR) is 165 cm³/mol. The number of rotatable bonds is 6. The topological polar surface area (TPSA) is 89.8 Å². The number of hydrogen-bond donors (Lipinski definition) is 0. The van der Waals surface area contributed by atoms with Crippen LogP contribution in [0.1, 0.15) is 80.7 Å². The highest BCUT2D eigenvalue weighted by Gasteiger charge is 2.47. The van der Waals surface area contributed by atoms with Gasteiger partial charge in [-0.25, -0.2) is 9.48 Å². The Kier molecular flexibility index (Phi) is 9.07. The molecule has 43 heavy (non-hydrogen) atoms. The number of carbonyl (C=O) groups excluding carboxylic acids is 2. The monoisotopic (exact) mass is 627 g/mol. The number of likely N-dealkylation sites (tertiary alicyclic amines) is 1. The zero-order chi connectivity index (χ0) is 30.9. The van der Waals surface area contributed by atoms with E-state index in [2.05, 4.69) is 10.3 Å². The van der Waals surface area contributed by atoms with Crippen molar-refractivity contribution in [3.63, 3.8) is 0 Å². The number of carbonyl (C=O) groups is 2. The Morgan fingerprint density at radius 2 is 1.77 bits per heavy atom. The molecule has 2 aliphatic rings. The first kappa shape index (κ1) is 31.3. The Morgan fingerprint density at radius 3 is 2.44 bits per heavy atom. The van der Waals surface area contributed by atoms with E-state index in [1.807, 2.05) is 82.1 Å². The van der Waals surface area contributed by atoms with Crippen LogP contribution in [0.5, 0.6) is 0 Å². The number of aromatic nitrogens is 3. The molecule has 1 aromatic heterocycles. The highest BCUT2D eigenvalue weighted by Crippen LogP contribution is 2.37. The Hall–Kier alpha value is -3.14. The summed E-state index contributed by atoms with van der Waals surface area (Å²) >= 11 is 12.5. The summed E-state index contributed by atoms with van der Waals surface area (Å²) in [5, 5.41) is 10.1. The standard InChI is InChI=1S/C32H39Cl2N5O4/c1-31(2,3)43-30(41)39-28(20-42-32(39,4)5)27-19-38(36-35-27)18-22-6-8-23(9-7-22)29(40)37-14-12-21(13-15-37)16-24-17-25(33)10-11-26(24)34/h6-11,17,19,21,28H,12-16,18,20H2,1-5H3. The highest BCUT2D eigenvalue weighted by atomic mass is 35.5. The molecule has 11 heteroatoms. The van der Waals surface area contributed by atoms with Crippen molar-refractivity contribution in [3.05, 3.63) is 81.1 Å². The molecule has 2 aromatic carbocycles. The number of amides is 2. The van der Waals surface area contributed by atoms with E-state index in [0.29, 0.717) is 48.4 Å². The van der Waals surface area contributed by atoms with Gasteiger partial charge in [-0.15, -0.1) is 5.10 Å². The van der Waals surface area contributed by atoms with Crippen molar-refractivity contribution >= 4 is 35.2 Å². The predicted octanol–water partition coefficient (Wildman–Crippen LogP) is 6.77. The summed E-state index contributed by atoms with van der Waals surface area (Å²) in [6.45, 7) is 11.4. The van der Waals surface area contributed by atoms with Crippen molar-refractivity contribution in [2.75, 3.05) is 19.7 Å². The van der Waals surface area contributed by atoms with Crippen molar-refractivity contribution in [1.82, 2.24) is 24.8 Å². The van der Waals surface area contributed by atoms with Crippen LogP contribution in [-0.4, -0.2) is 67.8 Å². The molecule has 2 fully saturated rings. The molecule has 5 rings (SSSR count). The molecule has 0 aliphatic carbocycles. The first-order chi connectivity index (χ1) is 20.3. The third-order valence-electron chi connectivity index (χ3n) is 7.94. The number of hydrogen-bond acceptors (Lipinski definition) is 6. The van der Waals surface area contributed by atoms with Crippen molar-refractivity contribution in [3.8, 4) is 0 Å². The Labute approximate surface area is 263 Å². The summed E-state index contributed by atoms with van der Waals surface area (Å²) in [6, 6.07) is 12.8. The first-order valence-corrected chi connectivity index (χ1v) is 15.4. The maximum atomic E-state index is 13.2. The van der Waals surface area contributed by atoms with Crippen LogP contribution in [0.15, 0.2) is 48.7 Å². The van der Waals surface area contributed by atoms with Crippen LogP contribution in [0.3, 0.4) is 0 Å². The fourth-order valence-electron chi connectivity index (χ4n) is 5.69. The van der Waals surface area contributed by atoms with Gasteiger partial charge in [0, 0.05) is 28.7 Å². The molecular weight excluding hydrogens is 589 g/mol. The lowest BCUT2D eigenvalue weighted by Gasteiger charge is -2.34. The lowest BCUT2D eigenvalue weighted by Crippen LogP contribution is -2.47. The molecule has 0 spiro atoms. The minimum Gasteiger partial charge on any atom is -0.444 e. The molecule has 230 valence electrons. The average Bonchev–Trinajstić information content (AvgIpc) is 3.53. The van der Waals surface area contributed by atoms with Crippen LogP contribution in [0, 0.1) is 5.92 Å². The zero-order valence-corrected chi connectivity index (χ0v) is 26.9. The van der Waals surface area contributed by atoms with Crippen molar-refractivity contribution < 1.29 is 19.1 Å². The first-order valence-electron chi connectivity index (χ1n) is 14.7. The summed E-state index contributed by atoms with van der Waals surface area (Å²) in [7, 11) is 0. The number of piperidine rings is 1. The third kappa shape index (κ3) is 7.51. The van der Waals surface area contributed by atoms with Gasteiger partial charge in [-0.2, -0.15) is 0 Å². The summed E-state index contributed by atoms with van der Waals surface area (Å²) < 4.78 is 13.3. The second-order valence-corrected chi connectivity index (χ2v) is 13.7. The van der Waals surface area contributed by atoms with Gasteiger partial charge in [0.05, 0.1) is 19.3 Å². The Bertz CT molecular complexity index is 1460. The van der Waals surface area contributed by atoms with Gasteiger partial charge >= 0.3 is 6.09 Å². The normalized spacial score (nSPS) is 19.1. The van der Waals surface area contributed by atoms with Gasteiger partial charge in [-0.1, -0.05) is 40.5 Å². The highest BCUT2D eigenvalue weighted by molar-refractivity contribution is 6.33. The van der Waals surface area contributed by atoms with Gasteiger partial charge in [0.25, 0.3) is 5.91 Å². The number of ether oxygens (including phenoxy) is 2. The number of benzene rings is 2. The Morgan fingerprint density at radius 1 is 1.07 bits per heavy atom. The molecule has 9 nitrogen and oxygen atoms in total. The fraction of sp³-hybridized carbons (Fsp3) is 0.500. The van der Waals surface area contributed by atoms with E-state index in [0.717, 1.165) is 35.4 Å². The molecule has 3 heterocycles. The molecule has 1 atom stereocenters. The van der Waals surface area contributed by atoms with Crippen LogP contribution < -0.4 is 0 Å². The van der Waals surface area contributed by atoms with Crippen LogP contribution in [-0.2, 0) is 22.4 Å². The summed E-state index contributed by atoms with van der Waals surface area (Å²) in [5.74, 6) is 0.507. The van der Waals surface area contributed by atoms with Crippen molar-refractivity contribution in [1.29, 1.82) is 0 Å². The molecule has 0 saturated carbocycles. The van der Waals surface area contributed by atoms with Gasteiger partial charge in [-0.05, 0) is 101 Å². The minimum absolute atomic E-state index is 0.0416. The van der Waals surface area contributed by atoms with Gasteiger partial charge in [0.15, 0.2) is 0 Å². The van der Waals surface area contributed by atoms with E-state index in [4.69, 9.17) is 32.7 Å². The van der Waals surface area contributed by atoms with Crippen molar-refractivity contribution in [2.24, 2.45) is 5.92 Å². The molecular formula is C32H39Cl2N5O4. The molecule has 1 unspecified atom stereocenters. The van der Waals surface area contributed by atoms with E-state index in [1.54, 1.807) is 15.6 Å². The molecule has 0 radical (unpaired) electrons. The van der Waals surface area contributed by atoms with Crippen LogP contribution >= 0.6 is 23.2 Å². The van der Waals surface area contributed by atoms with Crippen LogP contribution in [0.2, 0.25) is 10.0 Å². The lowest BCUT2D eigenvalue weighted by atomic mass is 9.90. The summed E-state index contributed by atoms with van der Waals surface area (Å²) in [6.07, 6.45) is 4.09. The molecule has 3 aromatic rings. The van der Waals surface area contributed by atoms with Gasteiger partial charge < -0.3 is 14.4 Å². The van der Waals surface area contributed by atoms with E-state index >= 15 is 0 Å². The summed E-state index contributed by atoms with van der Waals surface area (Å²) in [5.41, 5.74) is 1.88. The number of halogens is 2. The van der Waals surface area contributed by atoms with E-state index in [1.165, 1.54) is 0 Å². The maximum absolute atomic E-state index is 13.2. The zero-order valence-electron chi connectivity index (χ0n) is 25.3. The van der Waals surface area contributed by atoms with Crippen LogP contribution in [0.4, 0.5) is 4.79 Å². The smallest absolute Gasteiger partial charge is 0.413 e. The van der Waals surface area contributed by atoms with Crippen molar-refractivity contribution in [2.45, 2.75) is 77.8 Å². The van der Waals surface area contributed by atoms with Crippen LogP contribution in [0.25, 0.3) is 0 Å². The Balaban J connectivity index is 1.17. The lowest BCUT2D eigenvalue weighted by molar-refractivity contribution is -0.0627. The van der Waals surface area contributed by atoms with E-state index in [9.17, 15) is 9.59 Å².